The zero-order valence-electron chi connectivity index (χ0n) is 13.9. The van der Waals surface area contributed by atoms with Crippen molar-refractivity contribution in [2.75, 3.05) is 13.7 Å². The molecule has 0 atom stereocenters. The molecule has 0 fully saturated rings. The Morgan fingerprint density at radius 1 is 1.33 bits per heavy atom. The minimum Gasteiger partial charge on any atom is -0.497 e. The van der Waals surface area contributed by atoms with Crippen LogP contribution < -0.4 is 15.6 Å². The molecule has 0 unspecified atom stereocenters. The molecule has 0 radical (unpaired) electrons. The van der Waals surface area contributed by atoms with Crippen LogP contribution in [-0.2, 0) is 11.3 Å². The van der Waals surface area contributed by atoms with Crippen LogP contribution in [0, 0.1) is 11.7 Å². The van der Waals surface area contributed by atoms with Crippen molar-refractivity contribution < 1.29 is 13.9 Å². The molecule has 0 aliphatic rings. The monoisotopic (exact) mass is 333 g/mol. The predicted molar refractivity (Wildman–Crippen MR) is 88.3 cm³/mol. The van der Waals surface area contributed by atoms with Gasteiger partial charge in [-0.2, -0.15) is 5.10 Å². The van der Waals surface area contributed by atoms with Gasteiger partial charge in [-0.25, -0.2) is 9.07 Å². The summed E-state index contributed by atoms with van der Waals surface area (Å²) in [7, 11) is 1.45. The average Bonchev–Trinajstić information content (AvgIpc) is 2.55. The largest absolute Gasteiger partial charge is 0.497 e. The molecule has 0 saturated heterocycles. The Morgan fingerprint density at radius 2 is 2.08 bits per heavy atom. The van der Waals surface area contributed by atoms with Crippen LogP contribution in [0.25, 0.3) is 11.3 Å². The number of nitrogens with one attached hydrogen (secondary N) is 1. The Kier molecular flexibility index (Phi) is 5.68. The molecule has 0 aliphatic heterocycles. The first kappa shape index (κ1) is 17.7. The summed E-state index contributed by atoms with van der Waals surface area (Å²) in [5, 5.41) is 6.80. The van der Waals surface area contributed by atoms with Crippen molar-refractivity contribution in [2.24, 2.45) is 5.92 Å². The van der Waals surface area contributed by atoms with Crippen molar-refractivity contribution >= 4 is 5.91 Å². The third-order valence-corrected chi connectivity index (χ3v) is 3.32. The number of benzene rings is 1. The van der Waals surface area contributed by atoms with Crippen molar-refractivity contribution in [2.45, 2.75) is 20.4 Å². The molecule has 2 rings (SSSR count). The minimum atomic E-state index is -0.517. The molecule has 1 aromatic heterocycles. The summed E-state index contributed by atoms with van der Waals surface area (Å²) in [6.45, 7) is 4.24. The van der Waals surface area contributed by atoms with Crippen LogP contribution in [0.15, 0.2) is 35.1 Å². The highest BCUT2D eigenvalue weighted by molar-refractivity contribution is 5.75. The van der Waals surface area contributed by atoms with Gasteiger partial charge in [-0.3, -0.25) is 9.59 Å². The lowest BCUT2D eigenvalue weighted by molar-refractivity contribution is -0.122. The van der Waals surface area contributed by atoms with E-state index in [-0.39, 0.29) is 23.7 Å². The zero-order chi connectivity index (χ0) is 17.7. The maximum absolute atomic E-state index is 14.1. The molecule has 0 saturated carbocycles. The Balaban J connectivity index is 2.25. The van der Waals surface area contributed by atoms with E-state index in [2.05, 4.69) is 10.4 Å². The zero-order valence-corrected chi connectivity index (χ0v) is 13.9. The van der Waals surface area contributed by atoms with E-state index in [1.807, 2.05) is 13.8 Å². The Labute approximate surface area is 139 Å². The number of carbonyl (C=O) groups excluding carboxylic acids is 1. The van der Waals surface area contributed by atoms with Gasteiger partial charge in [-0.15, -0.1) is 0 Å². The molecule has 128 valence electrons. The second-order valence-electron chi connectivity index (χ2n) is 5.76. The molecule has 2 aromatic rings. The third kappa shape index (κ3) is 4.41. The van der Waals surface area contributed by atoms with Gasteiger partial charge in [-0.05, 0) is 24.1 Å². The first-order valence-electron chi connectivity index (χ1n) is 7.59. The summed E-state index contributed by atoms with van der Waals surface area (Å²) in [5.74, 6) is -0.141. The number of nitrogens with zero attached hydrogens (tertiary/aromatic N) is 2. The smallest absolute Gasteiger partial charge is 0.267 e. The number of hydrogen-bond donors (Lipinski definition) is 1. The van der Waals surface area contributed by atoms with Gasteiger partial charge in [0.2, 0.25) is 5.91 Å². The van der Waals surface area contributed by atoms with Crippen molar-refractivity contribution in [3.63, 3.8) is 0 Å². The highest BCUT2D eigenvalue weighted by Gasteiger charge is 2.11. The average molecular weight is 333 g/mol. The van der Waals surface area contributed by atoms with Crippen LogP contribution in [-0.4, -0.2) is 29.3 Å². The summed E-state index contributed by atoms with van der Waals surface area (Å²) < 4.78 is 20.1. The SMILES string of the molecule is COc1ccc(-c2ccc(=O)n(CC(=O)NCC(C)C)n2)c(F)c1. The first-order chi connectivity index (χ1) is 11.4. The van der Waals surface area contributed by atoms with Gasteiger partial charge in [0.25, 0.3) is 5.56 Å². The second kappa shape index (κ2) is 7.72. The highest BCUT2D eigenvalue weighted by atomic mass is 19.1. The molecule has 1 amide bonds. The molecule has 1 heterocycles. The van der Waals surface area contributed by atoms with E-state index in [0.717, 1.165) is 4.68 Å². The molecule has 1 N–H and O–H groups in total. The fourth-order valence-corrected chi connectivity index (χ4v) is 2.05. The van der Waals surface area contributed by atoms with Crippen LogP contribution in [0.2, 0.25) is 0 Å². The maximum Gasteiger partial charge on any atom is 0.267 e. The number of amides is 1. The summed E-state index contributed by atoms with van der Waals surface area (Å²) in [6, 6.07) is 7.05. The number of aromatic nitrogens is 2. The van der Waals surface area contributed by atoms with Gasteiger partial charge in [0, 0.05) is 24.2 Å². The number of hydrogen-bond acceptors (Lipinski definition) is 4. The molecule has 6 nitrogen and oxygen atoms in total. The molecular weight excluding hydrogens is 313 g/mol. The van der Waals surface area contributed by atoms with Crippen molar-refractivity contribution in [1.29, 1.82) is 0 Å². The van der Waals surface area contributed by atoms with Crippen LogP contribution in [0.1, 0.15) is 13.8 Å². The number of ether oxygens (including phenoxy) is 1. The lowest BCUT2D eigenvalue weighted by atomic mass is 10.1. The van der Waals surface area contributed by atoms with Crippen molar-refractivity contribution in [3.8, 4) is 17.0 Å². The number of carbonyl (C=O) groups is 1. The van der Waals surface area contributed by atoms with E-state index in [1.165, 1.54) is 31.4 Å². The second-order valence-corrected chi connectivity index (χ2v) is 5.76. The fourth-order valence-electron chi connectivity index (χ4n) is 2.05. The van der Waals surface area contributed by atoms with E-state index < -0.39 is 11.4 Å². The summed E-state index contributed by atoms with van der Waals surface area (Å²) in [6.07, 6.45) is 0. The lowest BCUT2D eigenvalue weighted by Gasteiger charge is -2.10. The van der Waals surface area contributed by atoms with Crippen LogP contribution in [0.4, 0.5) is 4.39 Å². The fraction of sp³-hybridized carbons (Fsp3) is 0.353. The molecular formula is C17H20FN3O3. The highest BCUT2D eigenvalue weighted by Crippen LogP contribution is 2.23. The standard InChI is InChI=1S/C17H20FN3O3/c1-11(2)9-19-16(22)10-21-17(23)7-6-15(20-21)13-5-4-12(24-3)8-14(13)18/h4-8,11H,9-10H2,1-3H3,(H,19,22). The summed E-state index contributed by atoms with van der Waals surface area (Å²) >= 11 is 0. The third-order valence-electron chi connectivity index (χ3n) is 3.32. The van der Waals surface area contributed by atoms with Crippen LogP contribution in [0.3, 0.4) is 0 Å². The van der Waals surface area contributed by atoms with Gasteiger partial charge < -0.3 is 10.1 Å². The summed E-state index contributed by atoms with van der Waals surface area (Å²) in [4.78, 5) is 23.7. The molecule has 0 spiro atoms. The van der Waals surface area contributed by atoms with Gasteiger partial charge >= 0.3 is 0 Å². The lowest BCUT2D eigenvalue weighted by Crippen LogP contribution is -2.35. The van der Waals surface area contributed by atoms with Gasteiger partial charge in [0.05, 0.1) is 12.8 Å². The summed E-state index contributed by atoms with van der Waals surface area (Å²) in [5.41, 5.74) is 0.0749. The van der Waals surface area contributed by atoms with Gasteiger partial charge in [-0.1, -0.05) is 13.8 Å². The van der Waals surface area contributed by atoms with E-state index in [1.54, 1.807) is 6.07 Å². The van der Waals surface area contributed by atoms with E-state index in [4.69, 9.17) is 4.74 Å². The van der Waals surface area contributed by atoms with E-state index in [0.29, 0.717) is 18.2 Å². The van der Waals surface area contributed by atoms with E-state index >= 15 is 0 Å². The van der Waals surface area contributed by atoms with Crippen molar-refractivity contribution in [1.82, 2.24) is 15.1 Å². The van der Waals surface area contributed by atoms with Crippen LogP contribution in [0.5, 0.6) is 5.75 Å². The maximum atomic E-state index is 14.1. The Hall–Kier alpha value is -2.70. The first-order valence-corrected chi connectivity index (χ1v) is 7.59. The molecule has 1 aromatic carbocycles. The molecule has 7 heteroatoms. The molecule has 0 aliphatic carbocycles. The van der Waals surface area contributed by atoms with Crippen LogP contribution >= 0.6 is 0 Å². The van der Waals surface area contributed by atoms with Gasteiger partial charge in [0.15, 0.2) is 0 Å². The number of methoxy groups -OCH3 is 1. The quantitative estimate of drug-likeness (QED) is 0.875. The number of rotatable bonds is 6. The normalized spacial score (nSPS) is 10.7. The predicted octanol–water partition coefficient (Wildman–Crippen LogP) is 1.83. The number of halogens is 1. The van der Waals surface area contributed by atoms with Gasteiger partial charge in [0.1, 0.15) is 18.1 Å². The minimum absolute atomic E-state index is 0.211. The Morgan fingerprint density at radius 3 is 2.71 bits per heavy atom. The molecule has 0 bridgehead atoms. The Bertz CT molecular complexity index is 787. The molecule has 24 heavy (non-hydrogen) atoms. The van der Waals surface area contributed by atoms with Crippen molar-refractivity contribution in [3.05, 3.63) is 46.5 Å². The topological polar surface area (TPSA) is 73.2 Å². The van der Waals surface area contributed by atoms with E-state index in [9.17, 15) is 14.0 Å².